The second-order valence-corrected chi connectivity index (χ2v) is 10.4. The van der Waals surface area contributed by atoms with E-state index in [0.29, 0.717) is 0 Å². The Morgan fingerprint density at radius 3 is 2.66 bits per heavy atom. The minimum absolute atomic E-state index is 0.192. The van der Waals surface area contributed by atoms with Crippen LogP contribution in [0.1, 0.15) is 51.2 Å². The van der Waals surface area contributed by atoms with Crippen LogP contribution >= 0.6 is 11.9 Å². The fourth-order valence-electron chi connectivity index (χ4n) is 3.88. The van der Waals surface area contributed by atoms with Gasteiger partial charge in [0.25, 0.3) is 0 Å². The standard InChI is InChI=1S/C25H29N3S/c1-25(2,3)17-28-16-20(15-27-29-21-8-6-9-21)23-12-11-18(13-24(23)28)22-10-5-4-7-19(22)14-26/h4-5,7,10-13,16,21,27H,6,8-9,15,17H2,1-3H3. The molecule has 4 heteroatoms. The highest BCUT2D eigenvalue weighted by molar-refractivity contribution is 7.98. The first-order chi connectivity index (χ1) is 13.9. The fourth-order valence-corrected chi connectivity index (χ4v) is 4.92. The molecule has 0 radical (unpaired) electrons. The van der Waals surface area contributed by atoms with E-state index in [1.165, 1.54) is 35.7 Å². The molecule has 1 saturated carbocycles. The molecule has 0 aliphatic heterocycles. The lowest BCUT2D eigenvalue weighted by atomic mass is 9.96. The molecule has 0 spiro atoms. The molecule has 0 atom stereocenters. The van der Waals surface area contributed by atoms with Crippen molar-refractivity contribution in [2.75, 3.05) is 0 Å². The molecule has 0 amide bonds. The average molecular weight is 404 g/mol. The van der Waals surface area contributed by atoms with E-state index >= 15 is 0 Å². The molecular formula is C25H29N3S. The van der Waals surface area contributed by atoms with Crippen molar-refractivity contribution < 1.29 is 0 Å². The molecule has 0 bridgehead atoms. The van der Waals surface area contributed by atoms with Gasteiger partial charge in [0.2, 0.25) is 0 Å². The first-order valence-corrected chi connectivity index (χ1v) is 11.3. The molecule has 3 aromatic rings. The Balaban J connectivity index is 1.70. The quantitative estimate of drug-likeness (QED) is 0.477. The second kappa shape index (κ2) is 8.26. The lowest BCUT2D eigenvalue weighted by Crippen LogP contribution is -2.19. The highest BCUT2D eigenvalue weighted by Gasteiger charge is 2.19. The Morgan fingerprint density at radius 2 is 1.97 bits per heavy atom. The van der Waals surface area contributed by atoms with Gasteiger partial charge >= 0.3 is 0 Å². The Bertz CT molecular complexity index is 1050. The maximum absolute atomic E-state index is 9.51. The minimum Gasteiger partial charge on any atom is -0.347 e. The number of nitrogens with zero attached hydrogens (tertiary/aromatic N) is 2. The van der Waals surface area contributed by atoms with Gasteiger partial charge in [0, 0.05) is 35.4 Å². The van der Waals surface area contributed by atoms with Gasteiger partial charge in [-0.25, -0.2) is 0 Å². The van der Waals surface area contributed by atoms with E-state index in [0.717, 1.165) is 35.0 Å². The highest BCUT2D eigenvalue weighted by atomic mass is 32.2. The number of hydrogen-bond acceptors (Lipinski definition) is 3. The van der Waals surface area contributed by atoms with Gasteiger partial charge in [0.05, 0.1) is 11.6 Å². The lowest BCUT2D eigenvalue weighted by molar-refractivity contribution is 0.349. The molecule has 1 N–H and O–H groups in total. The number of nitrogens with one attached hydrogen (secondary N) is 1. The van der Waals surface area contributed by atoms with Crippen molar-refractivity contribution >= 4 is 22.9 Å². The van der Waals surface area contributed by atoms with Crippen LogP contribution in [0.15, 0.2) is 48.7 Å². The van der Waals surface area contributed by atoms with E-state index < -0.39 is 0 Å². The zero-order valence-corrected chi connectivity index (χ0v) is 18.4. The molecular weight excluding hydrogens is 374 g/mol. The molecule has 1 fully saturated rings. The number of rotatable bonds is 6. The van der Waals surface area contributed by atoms with E-state index in [-0.39, 0.29) is 5.41 Å². The number of aromatic nitrogens is 1. The Hall–Kier alpha value is -2.22. The van der Waals surface area contributed by atoms with Crippen LogP contribution in [0.25, 0.3) is 22.0 Å². The summed E-state index contributed by atoms with van der Waals surface area (Å²) < 4.78 is 5.98. The summed E-state index contributed by atoms with van der Waals surface area (Å²) >= 11 is 1.90. The summed E-state index contributed by atoms with van der Waals surface area (Å²) in [4.78, 5) is 0. The van der Waals surface area contributed by atoms with Crippen LogP contribution in [0.3, 0.4) is 0 Å². The van der Waals surface area contributed by atoms with Crippen LogP contribution in [-0.4, -0.2) is 9.82 Å². The predicted molar refractivity (Wildman–Crippen MR) is 124 cm³/mol. The van der Waals surface area contributed by atoms with Gasteiger partial charge < -0.3 is 4.57 Å². The Kier molecular flexibility index (Phi) is 5.72. The maximum atomic E-state index is 9.51. The molecule has 150 valence electrons. The number of hydrogen-bond donors (Lipinski definition) is 1. The van der Waals surface area contributed by atoms with Crippen molar-refractivity contribution in [1.82, 2.24) is 9.29 Å². The normalized spacial score (nSPS) is 14.7. The molecule has 1 aliphatic carbocycles. The topological polar surface area (TPSA) is 40.8 Å². The van der Waals surface area contributed by atoms with Crippen LogP contribution < -0.4 is 4.72 Å². The van der Waals surface area contributed by atoms with E-state index in [1.807, 2.05) is 36.2 Å². The summed E-state index contributed by atoms with van der Waals surface area (Å²) in [5, 5.41) is 11.6. The molecule has 2 aromatic carbocycles. The summed E-state index contributed by atoms with van der Waals surface area (Å²) in [5.74, 6) is 0. The highest BCUT2D eigenvalue weighted by Crippen LogP contribution is 2.33. The van der Waals surface area contributed by atoms with Gasteiger partial charge in [0.1, 0.15) is 0 Å². The summed E-state index contributed by atoms with van der Waals surface area (Å²) in [7, 11) is 0. The van der Waals surface area contributed by atoms with E-state index in [9.17, 15) is 5.26 Å². The third-order valence-corrected chi connectivity index (χ3v) is 6.65. The van der Waals surface area contributed by atoms with Crippen LogP contribution in [0.4, 0.5) is 0 Å². The first kappa shape index (κ1) is 20.1. The van der Waals surface area contributed by atoms with Crippen molar-refractivity contribution in [3.8, 4) is 17.2 Å². The predicted octanol–water partition coefficient (Wildman–Crippen LogP) is 6.52. The third kappa shape index (κ3) is 4.52. The molecule has 29 heavy (non-hydrogen) atoms. The van der Waals surface area contributed by atoms with Crippen molar-refractivity contribution in [3.05, 3.63) is 59.8 Å². The number of fused-ring (bicyclic) bond motifs is 1. The van der Waals surface area contributed by atoms with Crippen LogP contribution in [0.5, 0.6) is 0 Å². The number of benzene rings is 2. The maximum Gasteiger partial charge on any atom is 0.0998 e. The van der Waals surface area contributed by atoms with Gasteiger partial charge in [0.15, 0.2) is 0 Å². The third-order valence-electron chi connectivity index (χ3n) is 5.53. The monoisotopic (exact) mass is 403 g/mol. The smallest absolute Gasteiger partial charge is 0.0998 e. The Morgan fingerprint density at radius 1 is 1.17 bits per heavy atom. The SMILES string of the molecule is CC(C)(C)Cn1cc(CNSC2CCC2)c2ccc(-c3ccccc3C#N)cc21. The second-order valence-electron chi connectivity index (χ2n) is 9.22. The van der Waals surface area contributed by atoms with E-state index in [2.05, 4.69) is 60.5 Å². The van der Waals surface area contributed by atoms with E-state index in [4.69, 9.17) is 0 Å². The van der Waals surface area contributed by atoms with Crippen molar-refractivity contribution in [3.63, 3.8) is 0 Å². The summed E-state index contributed by atoms with van der Waals surface area (Å²) in [6, 6.07) is 16.8. The van der Waals surface area contributed by atoms with Crippen LogP contribution in [-0.2, 0) is 13.1 Å². The molecule has 3 nitrogen and oxygen atoms in total. The van der Waals surface area contributed by atoms with Crippen molar-refractivity contribution in [1.29, 1.82) is 5.26 Å². The molecule has 0 unspecified atom stereocenters. The summed E-state index contributed by atoms with van der Waals surface area (Å²) in [5.41, 5.74) is 5.61. The van der Waals surface area contributed by atoms with Crippen molar-refractivity contribution in [2.45, 2.75) is 58.4 Å². The molecule has 0 saturated heterocycles. The van der Waals surface area contributed by atoms with Crippen molar-refractivity contribution in [2.24, 2.45) is 5.41 Å². The fraction of sp³-hybridized carbons (Fsp3) is 0.400. The molecule has 1 heterocycles. The Labute approximate surface area is 178 Å². The lowest BCUT2D eigenvalue weighted by Gasteiger charge is -2.24. The van der Waals surface area contributed by atoms with Crippen LogP contribution in [0, 0.1) is 16.7 Å². The summed E-state index contributed by atoms with van der Waals surface area (Å²) in [6.45, 7) is 8.67. The van der Waals surface area contributed by atoms with Crippen LogP contribution in [0.2, 0.25) is 0 Å². The average Bonchev–Trinajstić information content (AvgIpc) is 2.99. The van der Waals surface area contributed by atoms with Gasteiger partial charge in [-0.15, -0.1) is 0 Å². The van der Waals surface area contributed by atoms with Gasteiger partial charge in [-0.3, -0.25) is 4.72 Å². The van der Waals surface area contributed by atoms with Gasteiger partial charge in [-0.1, -0.05) is 69.5 Å². The molecule has 4 rings (SSSR count). The molecule has 1 aliphatic rings. The number of nitriles is 1. The summed E-state index contributed by atoms with van der Waals surface area (Å²) in [6.07, 6.45) is 6.36. The first-order valence-electron chi connectivity index (χ1n) is 10.4. The largest absolute Gasteiger partial charge is 0.347 e. The molecule has 1 aromatic heterocycles. The zero-order valence-electron chi connectivity index (χ0n) is 17.5. The van der Waals surface area contributed by atoms with Gasteiger partial charge in [-0.2, -0.15) is 5.26 Å². The van der Waals surface area contributed by atoms with E-state index in [1.54, 1.807) is 0 Å². The zero-order chi connectivity index (χ0) is 20.4. The van der Waals surface area contributed by atoms with Gasteiger partial charge in [-0.05, 0) is 47.1 Å². The minimum atomic E-state index is 0.192.